The van der Waals surface area contributed by atoms with Gasteiger partial charge in [-0.3, -0.25) is 9.59 Å². The number of hydrogen-bond acceptors (Lipinski definition) is 3. The number of carbonyl (C=O) groups excluding carboxylic acids is 2. The number of ether oxygens (including phenoxy) is 1. The maximum absolute atomic E-state index is 12.7. The molecule has 4 aliphatic carbocycles. The van der Waals surface area contributed by atoms with Crippen LogP contribution in [0.4, 0.5) is 0 Å². The van der Waals surface area contributed by atoms with Crippen molar-refractivity contribution in [3.8, 4) is 0 Å². The fourth-order valence-corrected chi connectivity index (χ4v) is 5.95. The Kier molecular flexibility index (Phi) is 4.12. The van der Waals surface area contributed by atoms with E-state index in [2.05, 4.69) is 0 Å². The van der Waals surface area contributed by atoms with E-state index in [0.29, 0.717) is 33.4 Å². The number of ketones is 1. The van der Waals surface area contributed by atoms with Crippen molar-refractivity contribution in [1.29, 1.82) is 0 Å². The van der Waals surface area contributed by atoms with Crippen molar-refractivity contribution in [2.75, 3.05) is 6.61 Å². The van der Waals surface area contributed by atoms with Crippen LogP contribution in [0.15, 0.2) is 18.2 Å². The predicted molar refractivity (Wildman–Crippen MR) is 92.4 cm³/mol. The highest BCUT2D eigenvalue weighted by Gasteiger charge is 2.55. The number of carbonyl (C=O) groups is 2. The molecule has 4 bridgehead atoms. The summed E-state index contributed by atoms with van der Waals surface area (Å²) in [5.41, 5.74) is 0.0121. The summed E-state index contributed by atoms with van der Waals surface area (Å²) in [5.74, 6) is 1.55. The number of halogens is 2. The predicted octanol–water partition coefficient (Wildman–Crippen LogP) is 4.94. The normalized spacial score (nSPS) is 33.5. The summed E-state index contributed by atoms with van der Waals surface area (Å²) in [5, 5.41) is 0.764. The van der Waals surface area contributed by atoms with Crippen molar-refractivity contribution in [3.63, 3.8) is 0 Å². The van der Waals surface area contributed by atoms with Gasteiger partial charge in [0.1, 0.15) is 0 Å². The number of benzene rings is 1. The largest absolute Gasteiger partial charge is 0.457 e. The summed E-state index contributed by atoms with van der Waals surface area (Å²) in [6.45, 7) is -0.248. The van der Waals surface area contributed by atoms with Gasteiger partial charge >= 0.3 is 5.97 Å². The number of Topliss-reactive ketones (excluding diaryl/α,β-unsaturated/α-hetero) is 1. The minimum Gasteiger partial charge on any atom is -0.457 e. The lowest BCUT2D eigenvalue weighted by Crippen LogP contribution is -2.50. The van der Waals surface area contributed by atoms with E-state index in [1.54, 1.807) is 12.1 Å². The van der Waals surface area contributed by atoms with Gasteiger partial charge in [0.25, 0.3) is 0 Å². The molecule has 128 valence electrons. The molecular weight excluding hydrogens is 347 g/mol. The molecule has 4 aliphatic rings. The molecular formula is C19H20Cl2O3. The molecule has 5 heteroatoms. The Morgan fingerprint density at radius 2 is 1.62 bits per heavy atom. The molecule has 0 aromatic heterocycles. The van der Waals surface area contributed by atoms with Gasteiger partial charge in [-0.15, -0.1) is 0 Å². The zero-order chi connectivity index (χ0) is 16.9. The summed E-state index contributed by atoms with van der Waals surface area (Å²) in [6, 6.07) is 4.71. The van der Waals surface area contributed by atoms with Crippen LogP contribution in [0.5, 0.6) is 0 Å². The Balaban J connectivity index is 1.42. The minimum atomic E-state index is -0.335. The second kappa shape index (κ2) is 6.03. The van der Waals surface area contributed by atoms with Gasteiger partial charge in [0, 0.05) is 10.6 Å². The Labute approximate surface area is 151 Å². The first-order valence-electron chi connectivity index (χ1n) is 8.61. The average Bonchev–Trinajstić information content (AvgIpc) is 2.51. The summed E-state index contributed by atoms with van der Waals surface area (Å²) >= 11 is 11.9. The number of rotatable bonds is 4. The Morgan fingerprint density at radius 3 is 2.17 bits per heavy atom. The summed E-state index contributed by atoms with van der Waals surface area (Å²) in [4.78, 5) is 25.0. The van der Waals surface area contributed by atoms with E-state index < -0.39 is 0 Å². The Bertz CT molecular complexity index is 663. The van der Waals surface area contributed by atoms with Crippen LogP contribution in [-0.4, -0.2) is 18.4 Å². The highest BCUT2D eigenvalue weighted by molar-refractivity contribution is 6.36. The van der Waals surface area contributed by atoms with E-state index in [9.17, 15) is 9.59 Å². The lowest BCUT2D eigenvalue weighted by molar-refractivity contribution is -0.170. The maximum Gasteiger partial charge on any atom is 0.312 e. The highest BCUT2D eigenvalue weighted by Crippen LogP contribution is 2.60. The molecule has 1 aromatic rings. The molecule has 0 spiro atoms. The first-order chi connectivity index (χ1) is 11.4. The van der Waals surface area contributed by atoms with Crippen LogP contribution >= 0.6 is 23.2 Å². The molecule has 0 atom stereocenters. The molecule has 0 amide bonds. The van der Waals surface area contributed by atoms with Crippen molar-refractivity contribution in [2.45, 2.75) is 38.5 Å². The maximum atomic E-state index is 12.7. The molecule has 4 saturated carbocycles. The molecule has 24 heavy (non-hydrogen) atoms. The standard InChI is InChI=1S/C19H20Cl2O3/c20-14-1-2-15(16(21)6-14)17(22)10-24-18(23)19-7-11-3-12(8-19)5-13(4-11)9-19/h1-2,6,11-13H,3-5,7-10H2. The smallest absolute Gasteiger partial charge is 0.312 e. The molecule has 1 aromatic carbocycles. The molecule has 0 radical (unpaired) electrons. The van der Waals surface area contributed by atoms with Gasteiger partial charge in [-0.2, -0.15) is 0 Å². The van der Waals surface area contributed by atoms with Crippen LogP contribution in [0.1, 0.15) is 48.9 Å². The van der Waals surface area contributed by atoms with Crippen LogP contribution in [-0.2, 0) is 9.53 Å². The van der Waals surface area contributed by atoms with Crippen LogP contribution in [0, 0.1) is 23.2 Å². The zero-order valence-electron chi connectivity index (χ0n) is 13.4. The third-order valence-corrected chi connectivity index (χ3v) is 6.58. The summed E-state index contributed by atoms with van der Waals surface area (Å²) in [7, 11) is 0. The average molecular weight is 367 g/mol. The number of esters is 1. The molecule has 4 fully saturated rings. The molecule has 5 rings (SSSR count). The Morgan fingerprint density at radius 1 is 1.04 bits per heavy atom. The van der Waals surface area contributed by atoms with E-state index in [-0.39, 0.29) is 23.8 Å². The van der Waals surface area contributed by atoms with Gasteiger partial charge < -0.3 is 4.74 Å². The third-order valence-electron chi connectivity index (χ3n) is 6.04. The summed E-state index contributed by atoms with van der Waals surface area (Å²) in [6.07, 6.45) is 6.62. The van der Waals surface area contributed by atoms with E-state index in [0.717, 1.165) is 19.3 Å². The first kappa shape index (κ1) is 16.4. The lowest BCUT2D eigenvalue weighted by atomic mass is 9.49. The van der Waals surface area contributed by atoms with Crippen LogP contribution in [0.25, 0.3) is 0 Å². The van der Waals surface area contributed by atoms with E-state index in [4.69, 9.17) is 27.9 Å². The van der Waals surface area contributed by atoms with Crippen molar-refractivity contribution in [3.05, 3.63) is 33.8 Å². The minimum absolute atomic E-state index is 0.181. The first-order valence-corrected chi connectivity index (χ1v) is 9.36. The van der Waals surface area contributed by atoms with Crippen LogP contribution in [0.3, 0.4) is 0 Å². The molecule has 0 unspecified atom stereocenters. The fraction of sp³-hybridized carbons (Fsp3) is 0.579. The molecule has 0 saturated heterocycles. The van der Waals surface area contributed by atoms with Crippen LogP contribution < -0.4 is 0 Å². The van der Waals surface area contributed by atoms with Crippen molar-refractivity contribution in [1.82, 2.24) is 0 Å². The number of hydrogen-bond donors (Lipinski definition) is 0. The van der Waals surface area contributed by atoms with Gasteiger partial charge in [0.05, 0.1) is 10.4 Å². The molecule has 0 heterocycles. The second-order valence-corrected chi connectivity index (χ2v) is 8.66. The van der Waals surface area contributed by atoms with Crippen LogP contribution in [0.2, 0.25) is 10.0 Å². The van der Waals surface area contributed by atoms with Gasteiger partial charge in [-0.25, -0.2) is 0 Å². The molecule has 0 aliphatic heterocycles. The van der Waals surface area contributed by atoms with Crippen molar-refractivity contribution in [2.24, 2.45) is 23.2 Å². The SMILES string of the molecule is O=C(COC(=O)C12CC3CC(CC(C3)C1)C2)c1ccc(Cl)cc1Cl. The topological polar surface area (TPSA) is 43.4 Å². The van der Waals surface area contributed by atoms with Gasteiger partial charge in [-0.05, 0) is 74.5 Å². The van der Waals surface area contributed by atoms with Gasteiger partial charge in [-0.1, -0.05) is 23.2 Å². The van der Waals surface area contributed by atoms with E-state index in [1.165, 1.54) is 25.3 Å². The second-order valence-electron chi connectivity index (χ2n) is 7.82. The third kappa shape index (κ3) is 2.86. The lowest BCUT2D eigenvalue weighted by Gasteiger charge is -2.55. The van der Waals surface area contributed by atoms with Gasteiger partial charge in [0.2, 0.25) is 5.78 Å². The molecule has 0 N–H and O–H groups in total. The molecule has 3 nitrogen and oxygen atoms in total. The summed E-state index contributed by atoms with van der Waals surface area (Å²) < 4.78 is 5.45. The highest BCUT2D eigenvalue weighted by atomic mass is 35.5. The van der Waals surface area contributed by atoms with E-state index in [1.807, 2.05) is 0 Å². The zero-order valence-corrected chi connectivity index (χ0v) is 14.9. The van der Waals surface area contributed by atoms with Gasteiger partial charge in [0.15, 0.2) is 6.61 Å². The Hall–Kier alpha value is -1.06. The quantitative estimate of drug-likeness (QED) is 0.560. The van der Waals surface area contributed by atoms with Crippen molar-refractivity contribution >= 4 is 35.0 Å². The van der Waals surface area contributed by atoms with Crippen molar-refractivity contribution < 1.29 is 14.3 Å². The fourth-order valence-electron chi connectivity index (χ4n) is 5.44. The monoisotopic (exact) mass is 366 g/mol. The van der Waals surface area contributed by atoms with E-state index >= 15 is 0 Å².